The van der Waals surface area contributed by atoms with E-state index in [9.17, 15) is 19.2 Å². The fourth-order valence-corrected chi connectivity index (χ4v) is 3.48. The van der Waals surface area contributed by atoms with Gasteiger partial charge in [0, 0.05) is 17.9 Å². The van der Waals surface area contributed by atoms with Gasteiger partial charge in [-0.1, -0.05) is 13.3 Å². The normalized spacial score (nSPS) is 19.1. The van der Waals surface area contributed by atoms with Crippen molar-refractivity contribution in [3.05, 3.63) is 29.8 Å². The number of hydrogen-bond acceptors (Lipinski definition) is 6. The van der Waals surface area contributed by atoms with E-state index in [4.69, 9.17) is 9.84 Å². The van der Waals surface area contributed by atoms with E-state index in [1.807, 2.05) is 6.92 Å². The van der Waals surface area contributed by atoms with Crippen LogP contribution in [0.1, 0.15) is 36.5 Å². The largest absolute Gasteiger partial charge is 0.480 e. The fourth-order valence-electron chi connectivity index (χ4n) is 2.34. The smallest absolute Gasteiger partial charge is 0.338 e. The fraction of sp³-hybridized carbons (Fsp3) is 0.444. The maximum atomic E-state index is 12.1. The van der Waals surface area contributed by atoms with Crippen LogP contribution in [0.5, 0.6) is 0 Å². The van der Waals surface area contributed by atoms with Gasteiger partial charge in [-0.2, -0.15) is 0 Å². The van der Waals surface area contributed by atoms with Crippen molar-refractivity contribution >= 4 is 41.2 Å². The molecule has 146 valence electrons. The van der Waals surface area contributed by atoms with Crippen molar-refractivity contribution in [1.82, 2.24) is 5.32 Å². The number of nitrogens with one attached hydrogen (secondary N) is 2. The maximum Gasteiger partial charge on any atom is 0.338 e. The Labute approximate surface area is 161 Å². The summed E-state index contributed by atoms with van der Waals surface area (Å²) in [4.78, 5) is 46.7. The Hall–Kier alpha value is -2.55. The summed E-state index contributed by atoms with van der Waals surface area (Å²) in [7, 11) is 0. The van der Waals surface area contributed by atoms with Crippen LogP contribution in [0, 0.1) is 0 Å². The van der Waals surface area contributed by atoms with Crippen molar-refractivity contribution in [1.29, 1.82) is 0 Å². The lowest BCUT2D eigenvalue weighted by molar-refractivity contribution is -0.141. The van der Waals surface area contributed by atoms with Gasteiger partial charge in [-0.25, -0.2) is 9.59 Å². The molecule has 1 aliphatic rings. The number of carbonyl (C=O) groups excluding carboxylic acids is 3. The van der Waals surface area contributed by atoms with Crippen LogP contribution in [0.15, 0.2) is 24.3 Å². The second kappa shape index (κ2) is 9.96. The van der Waals surface area contributed by atoms with Gasteiger partial charge in [0.2, 0.25) is 11.8 Å². The Bertz CT molecular complexity index is 706. The molecule has 9 heteroatoms. The number of hydrogen-bond donors (Lipinski definition) is 3. The summed E-state index contributed by atoms with van der Waals surface area (Å²) in [5.41, 5.74) is 0.890. The number of ether oxygens (including phenoxy) is 1. The summed E-state index contributed by atoms with van der Waals surface area (Å²) in [6, 6.07) is 5.37. The Balaban J connectivity index is 1.83. The van der Waals surface area contributed by atoms with E-state index >= 15 is 0 Å². The van der Waals surface area contributed by atoms with Crippen LogP contribution in [-0.4, -0.2) is 52.5 Å². The van der Waals surface area contributed by atoms with Gasteiger partial charge < -0.3 is 20.5 Å². The minimum atomic E-state index is -1.09. The summed E-state index contributed by atoms with van der Waals surface area (Å²) in [6.07, 6.45) is 1.68. The molecule has 3 N–H and O–H groups in total. The lowest BCUT2D eigenvalue weighted by Gasteiger charge is -2.25. The van der Waals surface area contributed by atoms with Gasteiger partial charge in [-0.05, 0) is 30.7 Å². The van der Waals surface area contributed by atoms with Gasteiger partial charge in [-0.15, -0.1) is 11.8 Å². The molecule has 0 spiro atoms. The van der Waals surface area contributed by atoms with Crippen LogP contribution in [0.2, 0.25) is 0 Å². The van der Waals surface area contributed by atoms with E-state index in [1.165, 1.54) is 0 Å². The number of rotatable bonds is 8. The van der Waals surface area contributed by atoms with Gasteiger partial charge in [0.15, 0.2) is 0 Å². The third-order valence-corrected chi connectivity index (χ3v) is 5.19. The van der Waals surface area contributed by atoms with Crippen molar-refractivity contribution < 1.29 is 29.0 Å². The summed E-state index contributed by atoms with van der Waals surface area (Å²) in [5.74, 6) is -2.11. The number of carboxylic acid groups (broad SMARTS) is 1. The first-order chi connectivity index (χ1) is 12.9. The molecule has 0 saturated carbocycles. The van der Waals surface area contributed by atoms with Crippen molar-refractivity contribution in [2.75, 3.05) is 17.7 Å². The SMILES string of the molecule is CCCCOC(=O)c1ccc(NC(=O)C[C@@H]2SC[C@@H](C(=O)O)NC2=O)cc1. The molecule has 0 radical (unpaired) electrons. The first-order valence-corrected chi connectivity index (χ1v) is 9.67. The Morgan fingerprint density at radius 1 is 1.30 bits per heavy atom. The molecule has 27 heavy (non-hydrogen) atoms. The molecule has 0 aromatic heterocycles. The minimum Gasteiger partial charge on any atom is -0.480 e. The standard InChI is InChI=1S/C18H22N2O6S/c1-2-3-8-26-18(25)11-4-6-12(7-5-11)19-15(21)9-14-16(22)20-13(10-27-14)17(23)24/h4-7,13-14H,2-3,8-10H2,1H3,(H,19,21)(H,20,22)(H,23,24)/t13-,14-/m0/s1. The molecule has 0 unspecified atom stereocenters. The first-order valence-electron chi connectivity index (χ1n) is 8.62. The average Bonchev–Trinajstić information content (AvgIpc) is 2.64. The zero-order valence-corrected chi connectivity index (χ0v) is 15.7. The van der Waals surface area contributed by atoms with Gasteiger partial charge >= 0.3 is 11.9 Å². The Morgan fingerprint density at radius 2 is 2.00 bits per heavy atom. The quantitative estimate of drug-likeness (QED) is 0.453. The molecule has 0 aliphatic carbocycles. The number of thioether (sulfide) groups is 1. The molecular weight excluding hydrogens is 372 g/mol. The zero-order chi connectivity index (χ0) is 19.8. The van der Waals surface area contributed by atoms with Crippen molar-refractivity contribution in [2.45, 2.75) is 37.5 Å². The highest BCUT2D eigenvalue weighted by molar-refractivity contribution is 8.00. The first kappa shape index (κ1) is 20.8. The van der Waals surface area contributed by atoms with E-state index in [2.05, 4.69) is 10.6 Å². The molecule has 1 heterocycles. The van der Waals surface area contributed by atoms with Crippen LogP contribution in [0.3, 0.4) is 0 Å². The molecule has 2 amide bonds. The minimum absolute atomic E-state index is 0.0658. The van der Waals surface area contributed by atoms with Gasteiger partial charge in [-0.3, -0.25) is 9.59 Å². The van der Waals surface area contributed by atoms with Gasteiger partial charge in [0.25, 0.3) is 0 Å². The number of anilines is 1. The van der Waals surface area contributed by atoms with Crippen LogP contribution in [-0.2, 0) is 19.1 Å². The van der Waals surface area contributed by atoms with Crippen molar-refractivity contribution in [2.24, 2.45) is 0 Å². The van der Waals surface area contributed by atoms with Crippen LogP contribution in [0.4, 0.5) is 5.69 Å². The van der Waals surface area contributed by atoms with Gasteiger partial charge in [0.05, 0.1) is 17.4 Å². The van der Waals surface area contributed by atoms with Crippen LogP contribution in [0.25, 0.3) is 0 Å². The summed E-state index contributed by atoms with van der Waals surface area (Å²) in [6.45, 7) is 2.38. The number of carbonyl (C=O) groups is 4. The second-order valence-electron chi connectivity index (χ2n) is 6.04. The highest BCUT2D eigenvalue weighted by Gasteiger charge is 2.33. The summed E-state index contributed by atoms with van der Waals surface area (Å²) in [5, 5.41) is 13.3. The number of amides is 2. The highest BCUT2D eigenvalue weighted by atomic mass is 32.2. The maximum absolute atomic E-state index is 12.1. The highest BCUT2D eigenvalue weighted by Crippen LogP contribution is 2.22. The van der Waals surface area contributed by atoms with E-state index in [0.29, 0.717) is 17.9 Å². The van der Waals surface area contributed by atoms with Gasteiger partial charge in [0.1, 0.15) is 6.04 Å². The lowest BCUT2D eigenvalue weighted by Crippen LogP contribution is -2.51. The average molecular weight is 394 g/mol. The van der Waals surface area contributed by atoms with Crippen molar-refractivity contribution in [3.8, 4) is 0 Å². The Morgan fingerprint density at radius 3 is 2.59 bits per heavy atom. The molecule has 2 atom stereocenters. The third kappa shape index (κ3) is 6.28. The number of unbranched alkanes of at least 4 members (excludes halogenated alkanes) is 1. The second-order valence-corrected chi connectivity index (χ2v) is 7.28. The number of esters is 1. The predicted molar refractivity (Wildman–Crippen MR) is 101 cm³/mol. The van der Waals surface area contributed by atoms with E-state index in [-0.39, 0.29) is 18.1 Å². The molecule has 1 aromatic carbocycles. The van der Waals surface area contributed by atoms with Crippen molar-refractivity contribution in [3.63, 3.8) is 0 Å². The van der Waals surface area contributed by atoms with E-state index in [1.54, 1.807) is 24.3 Å². The zero-order valence-electron chi connectivity index (χ0n) is 14.9. The molecular formula is C18H22N2O6S. The molecule has 1 fully saturated rings. The molecule has 8 nitrogen and oxygen atoms in total. The topological polar surface area (TPSA) is 122 Å². The summed E-state index contributed by atoms with van der Waals surface area (Å²) >= 11 is 1.15. The summed E-state index contributed by atoms with van der Waals surface area (Å²) < 4.78 is 5.11. The number of carboxylic acids is 1. The number of benzene rings is 1. The van der Waals surface area contributed by atoms with E-state index < -0.39 is 29.1 Å². The van der Waals surface area contributed by atoms with E-state index in [0.717, 1.165) is 24.6 Å². The third-order valence-electron chi connectivity index (χ3n) is 3.88. The lowest BCUT2D eigenvalue weighted by atomic mass is 10.2. The molecule has 1 aliphatic heterocycles. The number of aliphatic carboxylic acids is 1. The Kier molecular flexibility index (Phi) is 7.66. The predicted octanol–water partition coefficient (Wildman–Crippen LogP) is 1.66. The molecule has 1 saturated heterocycles. The molecule has 0 bridgehead atoms. The molecule has 2 rings (SSSR count). The monoisotopic (exact) mass is 394 g/mol. The van der Waals surface area contributed by atoms with Crippen LogP contribution < -0.4 is 10.6 Å². The van der Waals surface area contributed by atoms with Crippen LogP contribution >= 0.6 is 11.8 Å². The molecule has 1 aromatic rings.